The number of amides is 11. The van der Waals surface area contributed by atoms with Crippen molar-refractivity contribution in [2.75, 3.05) is 87.5 Å². The molecule has 110 heavy (non-hydrogen) atoms. The van der Waals surface area contributed by atoms with Crippen LogP contribution in [-0.2, 0) is 20.0 Å². The van der Waals surface area contributed by atoms with E-state index in [4.69, 9.17) is 0 Å². The zero-order chi connectivity index (χ0) is 82.8. The first-order valence-electron chi connectivity index (χ1n) is 36.6. The number of carbonyl (C=O) groups excluding carboxylic acids is 6. The summed E-state index contributed by atoms with van der Waals surface area (Å²) >= 11 is 0. The highest BCUT2D eigenvalue weighted by molar-refractivity contribution is 7.92. The van der Waals surface area contributed by atoms with Crippen LogP contribution in [0.5, 0.6) is 0 Å². The molecule has 11 amide bonds. The Morgan fingerprint density at radius 2 is 0.709 bits per heavy atom. The highest BCUT2D eigenvalue weighted by Crippen LogP contribution is 2.19. The van der Waals surface area contributed by atoms with Crippen molar-refractivity contribution in [3.63, 3.8) is 0 Å². The third kappa shape index (κ3) is 45.5. The number of nitrogens with zero attached hydrogens (tertiary/aromatic N) is 2. The quantitative estimate of drug-likeness (QED) is 0.0239. The molecule has 11 N–H and O–H groups in total. The van der Waals surface area contributed by atoms with Gasteiger partial charge in [0.1, 0.15) is 0 Å². The van der Waals surface area contributed by atoms with E-state index >= 15 is 0 Å². The van der Waals surface area contributed by atoms with E-state index in [1.807, 2.05) is 279 Å². The van der Waals surface area contributed by atoms with Crippen LogP contribution in [-0.4, -0.2) is 117 Å². The van der Waals surface area contributed by atoms with Gasteiger partial charge in [0.25, 0.3) is 5.91 Å². The normalized spacial score (nSPS) is 10.1. The molecule has 0 aliphatic heterocycles. The Morgan fingerprint density at radius 3 is 1.01 bits per heavy atom. The van der Waals surface area contributed by atoms with Gasteiger partial charge in [0.05, 0.1) is 23.4 Å². The summed E-state index contributed by atoms with van der Waals surface area (Å²) in [6, 6.07) is 60.4. The molecule has 25 heteroatoms. The first kappa shape index (κ1) is 96.8. The number of urea groups is 5. The fourth-order valence-electron chi connectivity index (χ4n) is 8.79. The van der Waals surface area contributed by atoms with Crippen LogP contribution in [0.3, 0.4) is 0 Å². The Morgan fingerprint density at radius 1 is 0.391 bits per heavy atom. The molecule has 598 valence electrons. The zero-order valence-electron chi connectivity index (χ0n) is 67.9. The van der Waals surface area contributed by atoms with E-state index in [1.165, 1.54) is 20.4 Å². The van der Waals surface area contributed by atoms with E-state index in [2.05, 4.69) is 72.0 Å². The number of rotatable bonds is 21. The number of benzene rings is 8. The lowest BCUT2D eigenvalue weighted by molar-refractivity contribution is 0.0942. The third-order valence-electron chi connectivity index (χ3n) is 14.7. The summed E-state index contributed by atoms with van der Waals surface area (Å²) in [5.74, 6) is 0.118. The van der Waals surface area contributed by atoms with Crippen molar-refractivity contribution in [2.45, 2.75) is 142 Å². The molecule has 0 saturated carbocycles. The Bertz CT molecular complexity index is 4290. The average Bonchev–Trinajstić information content (AvgIpc) is 0.849. The van der Waals surface area contributed by atoms with Crippen LogP contribution in [0.4, 0.5) is 63.8 Å². The second-order valence-corrected chi connectivity index (χ2v) is 30.4. The monoisotopic (exact) mass is 1550 g/mol. The lowest BCUT2D eigenvalue weighted by Crippen LogP contribution is -2.34. The molecular formula is C85H121N13O10S2. The lowest BCUT2D eigenvalue weighted by atomic mass is 10.1. The van der Waals surface area contributed by atoms with E-state index in [0.717, 1.165) is 98.8 Å². The molecule has 8 aromatic rings. The molecule has 0 aromatic heterocycles. The van der Waals surface area contributed by atoms with E-state index in [1.54, 1.807) is 39.2 Å². The smallest absolute Gasteiger partial charge is 0.319 e. The SMILES string of the molecule is C=CCNC(=O)Nc1cccc(C)c1.CCCCNC(=O)Nc1cccc(C)c1.CCCNC(=O)Nc1cccc(C)c1.CCNC(=O)Nc1cccc(C)c1.CCS(=O)(=O)N(C)c1ccc(C)cc1.Cc1ccc(C(=O)NC(C)C)cc1.Cc1ccc(N(C)S(C)(=O)=O)cc1.Cc1cccc(NC(=O)NC(C)C)c1. The van der Waals surface area contributed by atoms with Gasteiger partial charge in [-0.2, -0.15) is 0 Å². The molecule has 23 nitrogen and oxygen atoms in total. The second-order valence-electron chi connectivity index (χ2n) is 26.1. The summed E-state index contributed by atoms with van der Waals surface area (Å²) in [7, 11) is -3.15. The predicted octanol–water partition coefficient (Wildman–Crippen LogP) is 17.7. The van der Waals surface area contributed by atoms with Gasteiger partial charge < -0.3 is 58.5 Å². The first-order valence-corrected chi connectivity index (χ1v) is 40.0. The molecule has 0 heterocycles. The molecular weight excluding hydrogens is 1430 g/mol. The maximum absolute atomic E-state index is 11.5. The maximum Gasteiger partial charge on any atom is 0.319 e. The summed E-state index contributed by atoms with van der Waals surface area (Å²) < 4.78 is 47.9. The lowest BCUT2D eigenvalue weighted by Gasteiger charge is -2.18. The van der Waals surface area contributed by atoms with Crippen LogP contribution < -0.4 is 67.1 Å². The molecule has 0 unspecified atom stereocenters. The Labute approximate surface area is 656 Å². The van der Waals surface area contributed by atoms with Crippen molar-refractivity contribution in [1.82, 2.24) is 31.9 Å². The number of unbranched alkanes of at least 4 members (excludes halogenated alkanes) is 1. The predicted molar refractivity (Wildman–Crippen MR) is 460 cm³/mol. The minimum absolute atomic E-state index is 0.00463. The van der Waals surface area contributed by atoms with E-state index in [-0.39, 0.29) is 53.9 Å². The summed E-state index contributed by atoms with van der Waals surface area (Å²) in [5, 5.41) is 30.2. The number of carbonyl (C=O) groups is 6. The van der Waals surface area contributed by atoms with Crippen LogP contribution >= 0.6 is 0 Å². The van der Waals surface area contributed by atoms with Crippen LogP contribution in [0.2, 0.25) is 0 Å². The van der Waals surface area contributed by atoms with Crippen molar-refractivity contribution in [2.24, 2.45) is 0 Å². The number of sulfonamides is 2. The number of anilines is 7. The molecule has 0 aliphatic rings. The number of aryl methyl sites for hydroxylation is 8. The highest BCUT2D eigenvalue weighted by atomic mass is 32.2. The number of hydrogen-bond acceptors (Lipinski definition) is 10. The molecule has 0 spiro atoms. The van der Waals surface area contributed by atoms with Gasteiger partial charge >= 0.3 is 30.2 Å². The molecule has 0 saturated heterocycles. The van der Waals surface area contributed by atoms with E-state index in [9.17, 15) is 45.6 Å². The summed E-state index contributed by atoms with van der Waals surface area (Å²) in [5.41, 5.74) is 15.3. The van der Waals surface area contributed by atoms with Gasteiger partial charge in [-0.3, -0.25) is 13.4 Å². The third-order valence-corrected chi connectivity index (χ3v) is 17.7. The average molecular weight is 1550 g/mol. The molecule has 0 aliphatic carbocycles. The van der Waals surface area contributed by atoms with Gasteiger partial charge in [-0.1, -0.05) is 140 Å². The van der Waals surface area contributed by atoms with E-state index < -0.39 is 20.0 Å². The van der Waals surface area contributed by atoms with Gasteiger partial charge in [-0.25, -0.2) is 40.8 Å². The van der Waals surface area contributed by atoms with Crippen LogP contribution in [0.1, 0.15) is 130 Å². The summed E-state index contributed by atoms with van der Waals surface area (Å²) in [4.78, 5) is 67.7. The fourth-order valence-corrected chi connectivity index (χ4v) is 10.1. The second kappa shape index (κ2) is 53.6. The minimum Gasteiger partial charge on any atom is -0.350 e. The summed E-state index contributed by atoms with van der Waals surface area (Å²) in [6.07, 6.45) is 5.87. The van der Waals surface area contributed by atoms with E-state index in [0.29, 0.717) is 31.0 Å². The van der Waals surface area contributed by atoms with Crippen molar-refractivity contribution < 1.29 is 45.6 Å². The van der Waals surface area contributed by atoms with Crippen molar-refractivity contribution in [3.8, 4) is 0 Å². The molecule has 0 atom stereocenters. The van der Waals surface area contributed by atoms with Gasteiger partial charge in [0.15, 0.2) is 0 Å². The summed E-state index contributed by atoms with van der Waals surface area (Å²) in [6.45, 7) is 37.3. The van der Waals surface area contributed by atoms with Gasteiger partial charge in [-0.15, -0.1) is 6.58 Å². The Balaban J connectivity index is 0.000000629. The maximum atomic E-state index is 11.5. The van der Waals surface area contributed by atoms with Crippen LogP contribution in [0.25, 0.3) is 0 Å². The Hall–Kier alpha value is -11.2. The standard InChI is InChI=1S/C12H18N2O.2C11H16N2O.C11H14N2O.C11H15NO.C10H14N2O.C10H15NO2S.C9H13NO2S/c1-3-4-8-13-12(15)14-11-7-5-6-10(2)9-11;1-8(2)12-11(14)13-10-6-4-5-9(3)7-10;2*1-3-7-12-11(14)13-10-6-4-5-9(2)8-10;1-8(2)12-11(13)10-6-4-9(3)5-7-10;1-3-11-10(13)12-9-6-4-5-8(2)7-9;1-4-14(12,13)11(3)10-7-5-9(2)6-8-10;1-8-4-6-9(7-5-8)10(2)13(3,11)12/h5-7,9H,3-4,8H2,1-2H3,(H2,13,14,15);4-8H,1-3H3,(H2,12,13,14);4-6,8H,3,7H2,1-2H3,(H2,12,13,14);3-6,8H,1,7H2,2H3,(H2,12,13,14);4-8H,1-3H3,(H,12,13);4-7H,3H2,1-2H3,(H2,11,12,13);5-8H,4H2,1-3H3;4-7H,1-3H3. The van der Waals surface area contributed by atoms with Crippen molar-refractivity contribution >= 4 is 95.9 Å². The van der Waals surface area contributed by atoms with Crippen molar-refractivity contribution in [1.29, 1.82) is 0 Å². The van der Waals surface area contributed by atoms with Gasteiger partial charge in [-0.05, 0) is 235 Å². The molecule has 0 fully saturated rings. The fraction of sp³-hybridized carbons (Fsp3) is 0.341. The topological polar surface area (TPSA) is 310 Å². The number of hydrogen-bond donors (Lipinski definition) is 11. The van der Waals surface area contributed by atoms with Crippen LogP contribution in [0, 0.1) is 55.4 Å². The van der Waals surface area contributed by atoms with Crippen LogP contribution in [0.15, 0.2) is 207 Å². The zero-order valence-corrected chi connectivity index (χ0v) is 69.5. The highest BCUT2D eigenvalue weighted by Gasteiger charge is 2.16. The molecule has 0 radical (unpaired) electrons. The molecule has 0 bridgehead atoms. The van der Waals surface area contributed by atoms with Gasteiger partial charge in [0, 0.05) is 86.4 Å². The largest absolute Gasteiger partial charge is 0.350 e. The minimum atomic E-state index is -3.14. The van der Waals surface area contributed by atoms with Gasteiger partial charge in [0.2, 0.25) is 20.0 Å². The Kier molecular flexibility index (Phi) is 47.2. The van der Waals surface area contributed by atoms with Crippen molar-refractivity contribution in [3.05, 3.63) is 257 Å². The molecule has 8 aromatic carbocycles. The number of nitrogens with one attached hydrogen (secondary N) is 11. The first-order chi connectivity index (χ1) is 51.9. The molecule has 8 rings (SSSR count).